The second-order valence-corrected chi connectivity index (χ2v) is 5.93. The first kappa shape index (κ1) is 10.2. The molecule has 70 valence electrons. The van der Waals surface area contributed by atoms with Gasteiger partial charge in [0, 0.05) is 0 Å². The molecule has 0 radical (unpaired) electrons. The predicted octanol–water partition coefficient (Wildman–Crippen LogP) is 4.08. The minimum absolute atomic E-state index is 0.424. The summed E-state index contributed by atoms with van der Waals surface area (Å²) >= 11 is 1.92. The Kier molecular flexibility index (Phi) is 2.63. The molecule has 0 fully saturated rings. The second kappa shape index (κ2) is 3.10. The average Bonchev–Trinajstić information content (AvgIpc) is 1.95. The Morgan fingerprint density at radius 3 is 2.17 bits per heavy atom. The van der Waals surface area contributed by atoms with Gasteiger partial charge in [-0.25, -0.2) is 0 Å². The van der Waals surface area contributed by atoms with Gasteiger partial charge in [0.15, 0.2) is 0 Å². The first-order chi connectivity index (χ1) is 5.37. The van der Waals surface area contributed by atoms with Crippen molar-refractivity contribution in [2.45, 2.75) is 40.5 Å². The van der Waals surface area contributed by atoms with E-state index in [-0.39, 0.29) is 0 Å². The van der Waals surface area contributed by atoms with Crippen molar-refractivity contribution in [1.82, 2.24) is 0 Å². The lowest BCUT2D eigenvalue weighted by Crippen LogP contribution is -2.24. The van der Waals surface area contributed by atoms with Crippen LogP contribution in [0.5, 0.6) is 0 Å². The normalized spacial score (nSPS) is 26.6. The molecule has 0 atom stereocenters. The summed E-state index contributed by atoms with van der Waals surface area (Å²) in [6, 6.07) is 0. The van der Waals surface area contributed by atoms with Gasteiger partial charge in [0.1, 0.15) is 0 Å². The molecule has 0 aromatic heterocycles. The van der Waals surface area contributed by atoms with Gasteiger partial charge in [-0.2, -0.15) is 0 Å². The van der Waals surface area contributed by atoms with E-state index in [2.05, 4.69) is 40.0 Å². The van der Waals surface area contributed by atoms with Gasteiger partial charge in [0.25, 0.3) is 0 Å². The molecule has 1 aliphatic rings. The molecule has 0 aromatic rings. The summed E-state index contributed by atoms with van der Waals surface area (Å²) in [5.41, 5.74) is 0.850. The third-order valence-electron chi connectivity index (χ3n) is 2.80. The van der Waals surface area contributed by atoms with Gasteiger partial charge in [0.2, 0.25) is 0 Å². The van der Waals surface area contributed by atoms with Crippen LogP contribution in [-0.4, -0.2) is 6.26 Å². The highest BCUT2D eigenvalue weighted by Gasteiger charge is 2.32. The van der Waals surface area contributed by atoms with Gasteiger partial charge in [-0.3, -0.25) is 0 Å². The molecular formula is C11H20S. The summed E-state index contributed by atoms with van der Waals surface area (Å²) < 4.78 is 0. The molecule has 0 unspecified atom stereocenters. The molecule has 1 rings (SSSR count). The van der Waals surface area contributed by atoms with Gasteiger partial charge in [0.05, 0.1) is 0 Å². The molecule has 0 heterocycles. The fourth-order valence-electron chi connectivity index (χ4n) is 1.72. The molecule has 0 bridgehead atoms. The van der Waals surface area contributed by atoms with Crippen molar-refractivity contribution >= 4 is 11.8 Å². The van der Waals surface area contributed by atoms with Crippen LogP contribution < -0.4 is 0 Å². The molecule has 0 nitrogen and oxygen atoms in total. The van der Waals surface area contributed by atoms with Crippen molar-refractivity contribution in [2.75, 3.05) is 6.26 Å². The van der Waals surface area contributed by atoms with E-state index in [1.807, 2.05) is 11.8 Å². The third kappa shape index (κ3) is 2.07. The minimum Gasteiger partial charge on any atom is -0.134 e. The summed E-state index contributed by atoms with van der Waals surface area (Å²) in [5, 5.41) is 0. The molecule has 0 amide bonds. The Hall–Kier alpha value is 0.0900. The van der Waals surface area contributed by atoms with Crippen molar-refractivity contribution in [3.8, 4) is 0 Å². The van der Waals surface area contributed by atoms with Crippen LogP contribution in [0.4, 0.5) is 0 Å². The SMILES string of the molecule is CSC1=CC(C)(C)CCC1(C)C. The highest BCUT2D eigenvalue weighted by Crippen LogP contribution is 2.47. The van der Waals surface area contributed by atoms with E-state index in [1.165, 1.54) is 12.8 Å². The molecule has 12 heavy (non-hydrogen) atoms. The Balaban J connectivity index is 2.93. The molecule has 1 aliphatic carbocycles. The van der Waals surface area contributed by atoms with Crippen molar-refractivity contribution in [3.63, 3.8) is 0 Å². The summed E-state index contributed by atoms with van der Waals surface area (Å²) in [7, 11) is 0. The van der Waals surface area contributed by atoms with Gasteiger partial charge in [-0.15, -0.1) is 11.8 Å². The van der Waals surface area contributed by atoms with Gasteiger partial charge in [-0.05, 0) is 34.8 Å². The van der Waals surface area contributed by atoms with Crippen LogP contribution in [-0.2, 0) is 0 Å². The highest BCUT2D eigenvalue weighted by atomic mass is 32.2. The average molecular weight is 184 g/mol. The lowest BCUT2D eigenvalue weighted by atomic mass is 9.72. The molecule has 1 heteroatoms. The molecule has 0 aromatic carbocycles. The van der Waals surface area contributed by atoms with Crippen molar-refractivity contribution < 1.29 is 0 Å². The summed E-state index contributed by atoms with van der Waals surface area (Å²) in [5.74, 6) is 0. The van der Waals surface area contributed by atoms with Crippen LogP contribution in [0.1, 0.15) is 40.5 Å². The minimum atomic E-state index is 0.424. The zero-order valence-corrected chi connectivity index (χ0v) is 9.72. The number of rotatable bonds is 1. The van der Waals surface area contributed by atoms with Crippen molar-refractivity contribution in [1.29, 1.82) is 0 Å². The third-order valence-corrected chi connectivity index (χ3v) is 3.91. The maximum atomic E-state index is 2.46. The molecule has 0 saturated carbocycles. The number of hydrogen-bond donors (Lipinski definition) is 0. The standard InChI is InChI=1S/C11H20S/c1-10(2)6-7-11(3,4)9(8-10)12-5/h8H,6-7H2,1-5H3. The van der Waals surface area contributed by atoms with E-state index in [4.69, 9.17) is 0 Å². The van der Waals surface area contributed by atoms with E-state index in [0.29, 0.717) is 10.8 Å². The zero-order valence-electron chi connectivity index (χ0n) is 8.90. The van der Waals surface area contributed by atoms with E-state index in [1.54, 1.807) is 4.91 Å². The zero-order chi connectivity index (χ0) is 9.41. The van der Waals surface area contributed by atoms with Gasteiger partial charge < -0.3 is 0 Å². The number of hydrogen-bond acceptors (Lipinski definition) is 1. The van der Waals surface area contributed by atoms with Gasteiger partial charge >= 0.3 is 0 Å². The van der Waals surface area contributed by atoms with Crippen LogP contribution in [0, 0.1) is 10.8 Å². The largest absolute Gasteiger partial charge is 0.134 e. The first-order valence-electron chi connectivity index (χ1n) is 4.65. The molecule has 0 N–H and O–H groups in total. The second-order valence-electron chi connectivity index (χ2n) is 5.09. The summed E-state index contributed by atoms with van der Waals surface area (Å²) in [4.78, 5) is 1.57. The van der Waals surface area contributed by atoms with Crippen LogP contribution in [0.3, 0.4) is 0 Å². The van der Waals surface area contributed by atoms with Crippen LogP contribution in [0.2, 0.25) is 0 Å². The Morgan fingerprint density at radius 1 is 1.17 bits per heavy atom. The quantitative estimate of drug-likeness (QED) is 0.591. The Morgan fingerprint density at radius 2 is 1.75 bits per heavy atom. The van der Waals surface area contributed by atoms with E-state index >= 15 is 0 Å². The van der Waals surface area contributed by atoms with Gasteiger partial charge in [-0.1, -0.05) is 33.8 Å². The molecule has 0 aliphatic heterocycles. The van der Waals surface area contributed by atoms with Crippen molar-refractivity contribution in [3.05, 3.63) is 11.0 Å². The predicted molar refractivity (Wildman–Crippen MR) is 58.4 cm³/mol. The Bertz CT molecular complexity index is 199. The maximum Gasteiger partial charge on any atom is -0.00465 e. The smallest absolute Gasteiger partial charge is 0.00465 e. The topological polar surface area (TPSA) is 0 Å². The fourth-order valence-corrected chi connectivity index (χ4v) is 2.81. The summed E-state index contributed by atoms with van der Waals surface area (Å²) in [6.45, 7) is 9.37. The molecular weight excluding hydrogens is 164 g/mol. The maximum absolute atomic E-state index is 2.46. The van der Waals surface area contributed by atoms with E-state index in [0.717, 1.165) is 0 Å². The number of thioether (sulfide) groups is 1. The van der Waals surface area contributed by atoms with E-state index in [9.17, 15) is 0 Å². The first-order valence-corrected chi connectivity index (χ1v) is 5.87. The van der Waals surface area contributed by atoms with Crippen LogP contribution in [0.15, 0.2) is 11.0 Å². The lowest BCUT2D eigenvalue weighted by molar-refractivity contribution is 0.294. The highest BCUT2D eigenvalue weighted by molar-refractivity contribution is 8.02. The molecule has 0 saturated heterocycles. The number of allylic oxidation sites excluding steroid dienone is 2. The van der Waals surface area contributed by atoms with Crippen LogP contribution in [0.25, 0.3) is 0 Å². The summed E-state index contributed by atoms with van der Waals surface area (Å²) in [6.07, 6.45) is 7.30. The molecule has 0 spiro atoms. The lowest BCUT2D eigenvalue weighted by Gasteiger charge is -2.38. The van der Waals surface area contributed by atoms with E-state index < -0.39 is 0 Å². The fraction of sp³-hybridized carbons (Fsp3) is 0.818. The van der Waals surface area contributed by atoms with Crippen molar-refractivity contribution in [2.24, 2.45) is 10.8 Å². The van der Waals surface area contributed by atoms with Crippen LogP contribution >= 0.6 is 11.8 Å². The monoisotopic (exact) mass is 184 g/mol. The Labute approximate surface area is 80.8 Å².